The van der Waals surface area contributed by atoms with Crippen molar-refractivity contribution < 1.29 is 0 Å². The second-order valence-electron chi connectivity index (χ2n) is 12.6. The summed E-state index contributed by atoms with van der Waals surface area (Å²) in [6.45, 7) is 3.58. The number of aromatic nitrogens is 2. The Labute approximate surface area is 266 Å². The summed E-state index contributed by atoms with van der Waals surface area (Å²) in [5.41, 5.74) is 8.95. The molecule has 0 N–H and O–H groups in total. The minimum absolute atomic E-state index is 0.618. The van der Waals surface area contributed by atoms with Crippen molar-refractivity contribution in [2.24, 2.45) is 5.92 Å². The van der Waals surface area contributed by atoms with Crippen LogP contribution in [-0.2, 0) is 5.54 Å². The molecule has 2 aliphatic heterocycles. The molecule has 4 nitrogen and oxygen atoms in total. The summed E-state index contributed by atoms with van der Waals surface area (Å²) in [5, 5.41) is 5.06. The van der Waals surface area contributed by atoms with E-state index < -0.39 is 5.54 Å². The molecule has 45 heavy (non-hydrogen) atoms. The summed E-state index contributed by atoms with van der Waals surface area (Å²) < 4.78 is 2.14. The first-order chi connectivity index (χ1) is 22.2. The summed E-state index contributed by atoms with van der Waals surface area (Å²) >= 11 is 0. The number of hydrogen-bond acceptors (Lipinski definition) is 3. The Bertz CT molecular complexity index is 1770. The van der Waals surface area contributed by atoms with Gasteiger partial charge in [-0.05, 0) is 64.9 Å². The standard InChI is InChI=1S/C41H38N4/c1-43-28-34-25-26-44(40(34)30-43)39-23-21-32(22-24-39)31-17-19-33(20-18-31)35-27-42-45(29-35)41(36-11-5-2-6-12-36,37-13-7-3-8-14-37)38-15-9-4-10-16-38/h2-24,27,29,34,40H,25-26,28,30H2,1H3/t34-,40+/m1/s1. The summed E-state index contributed by atoms with van der Waals surface area (Å²) in [5.74, 6) is 0.810. The number of likely N-dealkylation sites (tertiary alicyclic amines) is 1. The van der Waals surface area contributed by atoms with E-state index in [-0.39, 0.29) is 0 Å². The van der Waals surface area contributed by atoms with Crippen LogP contribution in [0, 0.1) is 5.92 Å². The number of rotatable bonds is 7. The molecule has 222 valence electrons. The van der Waals surface area contributed by atoms with Crippen molar-refractivity contribution in [3.8, 4) is 22.3 Å². The first kappa shape index (κ1) is 27.6. The SMILES string of the molecule is CN1C[C@H]2CCN(c3ccc(-c4ccc(-c5cnn(C(c6ccccc6)(c6ccccc6)c6ccccc6)c5)cc4)cc3)[C@H]2C1. The summed E-state index contributed by atoms with van der Waals surface area (Å²) in [6.07, 6.45) is 5.50. The van der Waals surface area contributed by atoms with Crippen LogP contribution in [-0.4, -0.2) is 47.4 Å². The maximum absolute atomic E-state index is 5.06. The van der Waals surface area contributed by atoms with Crippen molar-refractivity contribution >= 4 is 5.69 Å². The zero-order chi connectivity index (χ0) is 30.2. The molecule has 0 amide bonds. The lowest BCUT2D eigenvalue weighted by Gasteiger charge is -2.36. The van der Waals surface area contributed by atoms with Crippen molar-refractivity contribution in [3.63, 3.8) is 0 Å². The van der Waals surface area contributed by atoms with Gasteiger partial charge in [0.2, 0.25) is 0 Å². The number of anilines is 1. The Hall–Kier alpha value is -4.93. The summed E-state index contributed by atoms with van der Waals surface area (Å²) in [4.78, 5) is 5.10. The van der Waals surface area contributed by atoms with Gasteiger partial charge in [0.05, 0.1) is 6.20 Å². The van der Waals surface area contributed by atoms with Crippen LogP contribution in [0.15, 0.2) is 152 Å². The fourth-order valence-electron chi connectivity index (χ4n) is 7.78. The van der Waals surface area contributed by atoms with Crippen LogP contribution >= 0.6 is 0 Å². The average Bonchev–Trinajstić information content (AvgIpc) is 3.84. The number of fused-ring (bicyclic) bond motifs is 1. The second-order valence-corrected chi connectivity index (χ2v) is 12.6. The van der Waals surface area contributed by atoms with E-state index in [2.05, 4.69) is 167 Å². The quantitative estimate of drug-likeness (QED) is 0.176. The third kappa shape index (κ3) is 4.86. The van der Waals surface area contributed by atoms with Crippen LogP contribution in [0.1, 0.15) is 23.1 Å². The molecule has 5 aromatic carbocycles. The van der Waals surface area contributed by atoms with E-state index in [0.717, 1.165) is 17.0 Å². The number of nitrogens with zero attached hydrogens (tertiary/aromatic N) is 4. The zero-order valence-electron chi connectivity index (χ0n) is 25.7. The smallest absolute Gasteiger partial charge is 0.138 e. The van der Waals surface area contributed by atoms with Gasteiger partial charge in [-0.1, -0.05) is 127 Å². The highest BCUT2D eigenvalue weighted by Crippen LogP contribution is 2.41. The first-order valence-electron chi connectivity index (χ1n) is 16.1. The van der Waals surface area contributed by atoms with Gasteiger partial charge in [0.25, 0.3) is 0 Å². The van der Waals surface area contributed by atoms with Crippen LogP contribution < -0.4 is 4.90 Å². The Kier molecular flexibility index (Phi) is 7.08. The van der Waals surface area contributed by atoms with Crippen LogP contribution in [0.4, 0.5) is 5.69 Å². The van der Waals surface area contributed by atoms with Crippen LogP contribution in [0.2, 0.25) is 0 Å². The van der Waals surface area contributed by atoms with Crippen LogP contribution in [0.25, 0.3) is 22.3 Å². The van der Waals surface area contributed by atoms with Crippen LogP contribution in [0.5, 0.6) is 0 Å². The van der Waals surface area contributed by atoms with Gasteiger partial charge in [0.1, 0.15) is 5.54 Å². The lowest BCUT2D eigenvalue weighted by molar-refractivity contribution is 0.386. The van der Waals surface area contributed by atoms with E-state index in [4.69, 9.17) is 5.10 Å². The van der Waals surface area contributed by atoms with E-state index in [1.165, 1.54) is 59.6 Å². The lowest BCUT2D eigenvalue weighted by Crippen LogP contribution is -2.38. The van der Waals surface area contributed by atoms with Crippen molar-refractivity contribution in [1.82, 2.24) is 14.7 Å². The molecule has 0 unspecified atom stereocenters. The highest BCUT2D eigenvalue weighted by molar-refractivity contribution is 5.71. The lowest BCUT2D eigenvalue weighted by atomic mass is 9.77. The van der Waals surface area contributed by atoms with Crippen molar-refractivity contribution in [2.45, 2.75) is 18.0 Å². The number of likely N-dealkylation sites (N-methyl/N-ethyl adjacent to an activating group) is 1. The van der Waals surface area contributed by atoms with Crippen molar-refractivity contribution in [2.75, 3.05) is 31.6 Å². The van der Waals surface area contributed by atoms with E-state index in [0.29, 0.717) is 6.04 Å². The predicted molar refractivity (Wildman–Crippen MR) is 184 cm³/mol. The van der Waals surface area contributed by atoms with E-state index >= 15 is 0 Å². The van der Waals surface area contributed by atoms with Gasteiger partial charge >= 0.3 is 0 Å². The maximum Gasteiger partial charge on any atom is 0.138 e. The normalized spacial score (nSPS) is 18.3. The molecule has 2 saturated heterocycles. The molecule has 0 saturated carbocycles. The number of hydrogen-bond donors (Lipinski definition) is 0. The first-order valence-corrected chi connectivity index (χ1v) is 16.1. The molecule has 0 bridgehead atoms. The third-order valence-electron chi connectivity index (χ3n) is 9.98. The van der Waals surface area contributed by atoms with Crippen molar-refractivity contribution in [1.29, 1.82) is 0 Å². The maximum atomic E-state index is 5.06. The third-order valence-corrected chi connectivity index (χ3v) is 9.98. The topological polar surface area (TPSA) is 24.3 Å². The minimum Gasteiger partial charge on any atom is -0.367 e. The van der Waals surface area contributed by atoms with E-state index in [1.807, 2.05) is 6.20 Å². The van der Waals surface area contributed by atoms with E-state index in [9.17, 15) is 0 Å². The van der Waals surface area contributed by atoms with Crippen LogP contribution in [0.3, 0.4) is 0 Å². The highest BCUT2D eigenvalue weighted by atomic mass is 15.3. The Morgan fingerprint density at radius 3 is 1.60 bits per heavy atom. The molecule has 2 fully saturated rings. The van der Waals surface area contributed by atoms with Gasteiger partial charge in [-0.3, -0.25) is 4.68 Å². The largest absolute Gasteiger partial charge is 0.367 e. The molecular formula is C41H38N4. The zero-order valence-corrected chi connectivity index (χ0v) is 25.7. The molecule has 0 spiro atoms. The highest BCUT2D eigenvalue weighted by Gasteiger charge is 2.40. The molecule has 2 aliphatic rings. The molecule has 0 aliphatic carbocycles. The molecule has 6 aromatic rings. The van der Waals surface area contributed by atoms with Gasteiger partial charge in [-0.15, -0.1) is 0 Å². The molecule has 3 heterocycles. The molecule has 8 rings (SSSR count). The molecule has 0 radical (unpaired) electrons. The van der Waals surface area contributed by atoms with Crippen molar-refractivity contribution in [3.05, 3.63) is 169 Å². The Balaban J connectivity index is 1.11. The number of benzene rings is 5. The predicted octanol–water partition coefficient (Wildman–Crippen LogP) is 8.20. The molecular weight excluding hydrogens is 548 g/mol. The van der Waals surface area contributed by atoms with Gasteiger partial charge in [-0.2, -0.15) is 5.10 Å². The average molecular weight is 587 g/mol. The van der Waals surface area contributed by atoms with Gasteiger partial charge in [0, 0.05) is 43.1 Å². The van der Waals surface area contributed by atoms with Gasteiger partial charge < -0.3 is 9.80 Å². The molecule has 1 aromatic heterocycles. The second kappa shape index (κ2) is 11.5. The molecule has 2 atom stereocenters. The molecule has 4 heteroatoms. The fraction of sp³-hybridized carbons (Fsp3) is 0.195. The van der Waals surface area contributed by atoms with E-state index in [1.54, 1.807) is 0 Å². The fourth-order valence-corrected chi connectivity index (χ4v) is 7.78. The van der Waals surface area contributed by atoms with Gasteiger partial charge in [0.15, 0.2) is 0 Å². The monoisotopic (exact) mass is 586 g/mol. The Morgan fingerprint density at radius 2 is 1.07 bits per heavy atom. The van der Waals surface area contributed by atoms with Gasteiger partial charge in [-0.25, -0.2) is 0 Å². The minimum atomic E-state index is -0.618. The summed E-state index contributed by atoms with van der Waals surface area (Å²) in [7, 11) is 2.25. The summed E-state index contributed by atoms with van der Waals surface area (Å²) in [6, 6.07) is 50.9. The Morgan fingerprint density at radius 1 is 0.578 bits per heavy atom.